The maximum Gasteiger partial charge on any atom is 0.166 e. The summed E-state index contributed by atoms with van der Waals surface area (Å²) in [5.41, 5.74) is 4.52. The van der Waals surface area contributed by atoms with Gasteiger partial charge in [0.1, 0.15) is 5.75 Å². The number of benzene rings is 2. The summed E-state index contributed by atoms with van der Waals surface area (Å²) in [6.45, 7) is 4.82. The van der Waals surface area contributed by atoms with Crippen LogP contribution < -0.4 is 4.74 Å². The molecule has 0 radical (unpaired) electrons. The summed E-state index contributed by atoms with van der Waals surface area (Å²) in [5, 5.41) is 0.948. The van der Waals surface area contributed by atoms with Crippen molar-refractivity contribution < 1.29 is 4.74 Å². The topological polar surface area (TPSA) is 37.9 Å². The Kier molecular flexibility index (Phi) is 4.15. The quantitative estimate of drug-likeness (QED) is 0.562. The van der Waals surface area contributed by atoms with Crippen LogP contribution in [0, 0.1) is 13.8 Å². The molecule has 1 heterocycles. The number of thioether (sulfide) groups is 1. The van der Waals surface area contributed by atoms with Crippen LogP contribution in [0.15, 0.2) is 47.6 Å². The van der Waals surface area contributed by atoms with Gasteiger partial charge in [-0.1, -0.05) is 36.0 Å². The molecule has 4 heteroatoms. The third-order valence-electron chi connectivity index (χ3n) is 3.29. The van der Waals surface area contributed by atoms with Gasteiger partial charge in [-0.15, -0.1) is 0 Å². The van der Waals surface area contributed by atoms with Gasteiger partial charge in [0, 0.05) is 5.75 Å². The summed E-state index contributed by atoms with van der Waals surface area (Å²) in [7, 11) is 0. The molecular weight excluding hydrogens is 280 g/mol. The number of aromatic nitrogens is 2. The van der Waals surface area contributed by atoms with Crippen molar-refractivity contribution in [1.82, 2.24) is 9.97 Å². The van der Waals surface area contributed by atoms with Gasteiger partial charge in [0.25, 0.3) is 0 Å². The lowest BCUT2D eigenvalue weighted by Crippen LogP contribution is -2.01. The van der Waals surface area contributed by atoms with Crippen molar-refractivity contribution >= 4 is 22.8 Å². The Morgan fingerprint density at radius 3 is 2.86 bits per heavy atom. The SMILES string of the molecule is Cc1ccc2nc(SCCOc3ccccc3C)[nH]c2c1. The number of ether oxygens (including phenoxy) is 1. The summed E-state index contributed by atoms with van der Waals surface area (Å²) >= 11 is 1.69. The molecule has 1 aromatic heterocycles. The Balaban J connectivity index is 1.56. The molecule has 0 fully saturated rings. The minimum absolute atomic E-state index is 0.672. The molecule has 0 aliphatic rings. The van der Waals surface area contributed by atoms with Gasteiger partial charge in [-0.3, -0.25) is 0 Å². The monoisotopic (exact) mass is 298 g/mol. The van der Waals surface area contributed by atoms with E-state index in [0.717, 1.165) is 27.7 Å². The van der Waals surface area contributed by atoms with Gasteiger partial charge in [0.15, 0.2) is 5.16 Å². The highest BCUT2D eigenvalue weighted by Crippen LogP contribution is 2.21. The zero-order valence-corrected chi connectivity index (χ0v) is 13.0. The van der Waals surface area contributed by atoms with Gasteiger partial charge < -0.3 is 9.72 Å². The second-order valence-corrected chi connectivity index (χ2v) is 6.11. The van der Waals surface area contributed by atoms with E-state index in [-0.39, 0.29) is 0 Å². The fourth-order valence-corrected chi connectivity index (χ4v) is 2.88. The van der Waals surface area contributed by atoms with Crippen molar-refractivity contribution in [2.24, 2.45) is 0 Å². The summed E-state index contributed by atoms with van der Waals surface area (Å²) < 4.78 is 5.79. The maximum absolute atomic E-state index is 5.79. The average Bonchev–Trinajstić information content (AvgIpc) is 2.87. The molecule has 2 aromatic carbocycles. The number of H-pyrrole nitrogens is 1. The highest BCUT2D eigenvalue weighted by molar-refractivity contribution is 7.99. The lowest BCUT2D eigenvalue weighted by Gasteiger charge is -2.07. The Bertz CT molecular complexity index is 751. The van der Waals surface area contributed by atoms with Crippen molar-refractivity contribution in [1.29, 1.82) is 0 Å². The first-order chi connectivity index (χ1) is 10.2. The molecule has 0 atom stereocenters. The average molecular weight is 298 g/mol. The predicted octanol–water partition coefficient (Wildman–Crippen LogP) is 4.35. The maximum atomic E-state index is 5.79. The Morgan fingerprint density at radius 2 is 2.00 bits per heavy atom. The predicted molar refractivity (Wildman–Crippen MR) is 88.2 cm³/mol. The molecule has 0 bridgehead atoms. The first-order valence-electron chi connectivity index (χ1n) is 7.00. The largest absolute Gasteiger partial charge is 0.492 e. The molecule has 3 rings (SSSR count). The van der Waals surface area contributed by atoms with Crippen LogP contribution in [0.1, 0.15) is 11.1 Å². The van der Waals surface area contributed by atoms with Crippen molar-refractivity contribution in [3.8, 4) is 5.75 Å². The third kappa shape index (κ3) is 3.39. The minimum Gasteiger partial charge on any atom is -0.492 e. The molecule has 0 aliphatic heterocycles. The normalized spacial score (nSPS) is 11.0. The van der Waals surface area contributed by atoms with E-state index < -0.39 is 0 Å². The van der Waals surface area contributed by atoms with Crippen LogP contribution in [-0.2, 0) is 0 Å². The van der Waals surface area contributed by atoms with E-state index in [9.17, 15) is 0 Å². The minimum atomic E-state index is 0.672. The first-order valence-corrected chi connectivity index (χ1v) is 7.98. The summed E-state index contributed by atoms with van der Waals surface area (Å²) in [6, 6.07) is 14.3. The van der Waals surface area contributed by atoms with Crippen LogP contribution in [0.2, 0.25) is 0 Å². The number of hydrogen-bond donors (Lipinski definition) is 1. The molecule has 1 N–H and O–H groups in total. The molecule has 0 amide bonds. The third-order valence-corrected chi connectivity index (χ3v) is 4.13. The van der Waals surface area contributed by atoms with E-state index in [0.29, 0.717) is 6.61 Å². The lowest BCUT2D eigenvalue weighted by molar-refractivity contribution is 0.341. The summed E-state index contributed by atoms with van der Waals surface area (Å²) in [6.07, 6.45) is 0. The van der Waals surface area contributed by atoms with E-state index in [1.807, 2.05) is 18.2 Å². The number of aromatic amines is 1. The number of fused-ring (bicyclic) bond motifs is 1. The smallest absolute Gasteiger partial charge is 0.166 e. The van der Waals surface area contributed by atoms with E-state index in [2.05, 4.69) is 48.1 Å². The molecule has 0 spiro atoms. The van der Waals surface area contributed by atoms with Crippen LogP contribution >= 0.6 is 11.8 Å². The van der Waals surface area contributed by atoms with Crippen LogP contribution in [0.3, 0.4) is 0 Å². The van der Waals surface area contributed by atoms with Gasteiger partial charge in [-0.05, 0) is 43.2 Å². The lowest BCUT2D eigenvalue weighted by atomic mass is 10.2. The number of rotatable bonds is 5. The molecule has 3 nitrogen and oxygen atoms in total. The zero-order chi connectivity index (χ0) is 14.7. The number of nitrogens with one attached hydrogen (secondary N) is 1. The van der Waals surface area contributed by atoms with E-state index >= 15 is 0 Å². The standard InChI is InChI=1S/C17H18N2OS/c1-12-7-8-14-15(11-12)19-17(18-14)21-10-9-20-16-6-4-3-5-13(16)2/h3-8,11H,9-10H2,1-2H3,(H,18,19). The summed E-state index contributed by atoms with van der Waals surface area (Å²) in [4.78, 5) is 7.91. The van der Waals surface area contributed by atoms with Gasteiger partial charge >= 0.3 is 0 Å². The first kappa shape index (κ1) is 14.0. The van der Waals surface area contributed by atoms with Gasteiger partial charge in [0.05, 0.1) is 17.6 Å². The molecular formula is C17H18N2OS. The fraction of sp³-hybridized carbons (Fsp3) is 0.235. The Morgan fingerprint density at radius 1 is 1.14 bits per heavy atom. The fourth-order valence-electron chi connectivity index (χ4n) is 2.18. The molecule has 0 saturated heterocycles. The van der Waals surface area contributed by atoms with Gasteiger partial charge in [-0.2, -0.15) is 0 Å². The van der Waals surface area contributed by atoms with Gasteiger partial charge in [-0.25, -0.2) is 4.98 Å². The van der Waals surface area contributed by atoms with Crippen molar-refractivity contribution in [2.75, 3.05) is 12.4 Å². The molecule has 3 aromatic rings. The van der Waals surface area contributed by atoms with Crippen molar-refractivity contribution in [2.45, 2.75) is 19.0 Å². The highest BCUT2D eigenvalue weighted by Gasteiger charge is 2.04. The second kappa shape index (κ2) is 6.22. The Labute approximate surface area is 128 Å². The number of nitrogens with zero attached hydrogens (tertiary/aromatic N) is 1. The number of aryl methyl sites for hydroxylation is 2. The van der Waals surface area contributed by atoms with Gasteiger partial charge in [0.2, 0.25) is 0 Å². The van der Waals surface area contributed by atoms with E-state index in [1.165, 1.54) is 11.1 Å². The molecule has 0 saturated carbocycles. The van der Waals surface area contributed by atoms with Crippen LogP contribution in [0.5, 0.6) is 5.75 Å². The van der Waals surface area contributed by atoms with E-state index in [4.69, 9.17) is 4.74 Å². The van der Waals surface area contributed by atoms with E-state index in [1.54, 1.807) is 11.8 Å². The number of para-hydroxylation sites is 1. The van der Waals surface area contributed by atoms with Crippen LogP contribution in [0.4, 0.5) is 0 Å². The van der Waals surface area contributed by atoms with Crippen LogP contribution in [0.25, 0.3) is 11.0 Å². The molecule has 0 unspecified atom stereocenters. The number of imidazole rings is 1. The number of hydrogen-bond acceptors (Lipinski definition) is 3. The molecule has 21 heavy (non-hydrogen) atoms. The summed E-state index contributed by atoms with van der Waals surface area (Å²) in [5.74, 6) is 1.82. The van der Waals surface area contributed by atoms with Crippen LogP contribution in [-0.4, -0.2) is 22.3 Å². The molecule has 108 valence electrons. The highest BCUT2D eigenvalue weighted by atomic mass is 32.2. The zero-order valence-electron chi connectivity index (χ0n) is 12.2. The Hall–Kier alpha value is -1.94. The van der Waals surface area contributed by atoms with Crippen molar-refractivity contribution in [3.63, 3.8) is 0 Å². The molecule has 0 aliphatic carbocycles. The van der Waals surface area contributed by atoms with Crippen molar-refractivity contribution in [3.05, 3.63) is 53.6 Å². The second-order valence-electron chi connectivity index (χ2n) is 5.02.